The molecule has 1 amide bonds. The first-order valence-electron chi connectivity index (χ1n) is 8.84. The van der Waals surface area contributed by atoms with Crippen LogP contribution in [0, 0.1) is 13.8 Å². The zero-order chi connectivity index (χ0) is 21.3. The van der Waals surface area contributed by atoms with Gasteiger partial charge in [-0.15, -0.1) is 0 Å². The molecule has 11 heteroatoms. The van der Waals surface area contributed by atoms with E-state index >= 15 is 0 Å². The molecule has 3 rings (SSSR count). The first-order valence-corrected chi connectivity index (χ1v) is 8.84. The molecule has 0 fully saturated rings. The highest BCUT2D eigenvalue weighted by atomic mass is 19.3. The summed E-state index contributed by atoms with van der Waals surface area (Å²) in [5.41, 5.74) is 0.878. The maximum Gasteiger partial charge on any atom is 0.343 e. The maximum absolute atomic E-state index is 13.4. The van der Waals surface area contributed by atoms with Gasteiger partial charge in [-0.3, -0.25) is 9.48 Å². The molecule has 0 spiro atoms. The van der Waals surface area contributed by atoms with E-state index in [1.807, 2.05) is 0 Å². The number of fused-ring (bicyclic) bond motifs is 1. The molecule has 0 aliphatic carbocycles. The van der Waals surface area contributed by atoms with E-state index in [1.54, 1.807) is 27.8 Å². The number of pyridine rings is 1. The summed E-state index contributed by atoms with van der Waals surface area (Å²) in [6.45, 7) is 4.74. The molecule has 29 heavy (non-hydrogen) atoms. The first-order chi connectivity index (χ1) is 13.7. The van der Waals surface area contributed by atoms with Crippen LogP contribution in [0.4, 0.5) is 14.6 Å². The lowest BCUT2D eigenvalue weighted by Gasteiger charge is -2.09. The van der Waals surface area contributed by atoms with Crippen LogP contribution >= 0.6 is 0 Å². The van der Waals surface area contributed by atoms with Gasteiger partial charge in [-0.2, -0.15) is 10.2 Å². The van der Waals surface area contributed by atoms with Crippen LogP contribution in [0.3, 0.4) is 0 Å². The predicted octanol–water partition coefficient (Wildman–Crippen LogP) is 2.53. The molecule has 9 nitrogen and oxygen atoms in total. The fourth-order valence-corrected chi connectivity index (χ4v) is 3.05. The Morgan fingerprint density at radius 2 is 2.03 bits per heavy atom. The standard InChI is InChI=1S/C18H20F2N6O3/c1-5-29-18(28)12-7-21-25(4)16(12)23-13(27)8-26-17-14(10(3)24-26)11(15(19)20)6-9(2)22-17/h6-7,15H,5,8H2,1-4H3,(H,23,27). The number of carbonyl (C=O) groups excluding carboxylic acids is 2. The molecular formula is C18H20F2N6O3. The summed E-state index contributed by atoms with van der Waals surface area (Å²) in [6, 6.07) is 1.31. The minimum absolute atomic E-state index is 0.109. The lowest BCUT2D eigenvalue weighted by atomic mass is 10.1. The average Bonchev–Trinajstić information content (AvgIpc) is 3.15. The van der Waals surface area contributed by atoms with Crippen molar-refractivity contribution in [2.45, 2.75) is 33.7 Å². The van der Waals surface area contributed by atoms with Crippen molar-refractivity contribution in [1.29, 1.82) is 0 Å². The van der Waals surface area contributed by atoms with E-state index in [0.717, 1.165) is 0 Å². The first kappa shape index (κ1) is 20.4. The van der Waals surface area contributed by atoms with Crippen molar-refractivity contribution in [2.24, 2.45) is 7.05 Å². The van der Waals surface area contributed by atoms with E-state index in [4.69, 9.17) is 4.74 Å². The van der Waals surface area contributed by atoms with Gasteiger partial charge in [0.05, 0.1) is 23.9 Å². The Hall–Kier alpha value is -3.37. The average molecular weight is 406 g/mol. The minimum Gasteiger partial charge on any atom is -0.462 e. The molecule has 0 radical (unpaired) electrons. The van der Waals surface area contributed by atoms with Crippen LogP contribution in [0.2, 0.25) is 0 Å². The van der Waals surface area contributed by atoms with Gasteiger partial charge in [0.1, 0.15) is 17.9 Å². The van der Waals surface area contributed by atoms with Crippen LogP contribution in [0.15, 0.2) is 12.3 Å². The molecule has 0 atom stereocenters. The summed E-state index contributed by atoms with van der Waals surface area (Å²) in [4.78, 5) is 28.9. The Morgan fingerprint density at radius 3 is 2.69 bits per heavy atom. The van der Waals surface area contributed by atoms with Crippen molar-refractivity contribution >= 4 is 28.7 Å². The Kier molecular flexibility index (Phi) is 5.57. The third kappa shape index (κ3) is 3.93. The molecule has 1 N–H and O–H groups in total. The number of halogens is 2. The van der Waals surface area contributed by atoms with Gasteiger partial charge in [-0.25, -0.2) is 23.2 Å². The Bertz CT molecular complexity index is 1090. The third-order valence-electron chi connectivity index (χ3n) is 4.26. The number of hydrogen-bond acceptors (Lipinski definition) is 6. The number of carbonyl (C=O) groups is 2. The van der Waals surface area contributed by atoms with Crippen molar-refractivity contribution in [2.75, 3.05) is 11.9 Å². The van der Waals surface area contributed by atoms with E-state index in [9.17, 15) is 18.4 Å². The summed E-state index contributed by atoms with van der Waals surface area (Å²) in [7, 11) is 1.56. The summed E-state index contributed by atoms with van der Waals surface area (Å²) in [6.07, 6.45) is -1.40. The van der Waals surface area contributed by atoms with Gasteiger partial charge in [0.15, 0.2) is 5.65 Å². The normalized spacial score (nSPS) is 11.3. The summed E-state index contributed by atoms with van der Waals surface area (Å²) >= 11 is 0. The molecule has 3 heterocycles. The monoisotopic (exact) mass is 406 g/mol. The summed E-state index contributed by atoms with van der Waals surface area (Å²) in [5.74, 6) is -0.973. The number of hydrogen-bond donors (Lipinski definition) is 1. The highest BCUT2D eigenvalue weighted by Crippen LogP contribution is 2.30. The lowest BCUT2D eigenvalue weighted by Crippen LogP contribution is -2.22. The number of anilines is 1. The number of amides is 1. The van der Waals surface area contributed by atoms with E-state index in [0.29, 0.717) is 11.4 Å². The molecular weight excluding hydrogens is 386 g/mol. The molecule has 0 saturated heterocycles. The molecule has 0 aliphatic heterocycles. The Labute approximate surface area is 164 Å². The second kappa shape index (κ2) is 7.94. The molecule has 3 aromatic heterocycles. The zero-order valence-corrected chi connectivity index (χ0v) is 16.4. The van der Waals surface area contributed by atoms with Crippen LogP contribution in [-0.4, -0.2) is 43.0 Å². The number of esters is 1. The Morgan fingerprint density at radius 1 is 1.31 bits per heavy atom. The van der Waals surface area contributed by atoms with Crippen molar-refractivity contribution in [3.05, 3.63) is 34.8 Å². The molecule has 0 saturated carbocycles. The molecule has 3 aromatic rings. The van der Waals surface area contributed by atoms with Crippen molar-refractivity contribution < 1.29 is 23.1 Å². The van der Waals surface area contributed by atoms with Crippen LogP contribution in [0.25, 0.3) is 11.0 Å². The highest BCUT2D eigenvalue weighted by Gasteiger charge is 2.22. The van der Waals surface area contributed by atoms with Gasteiger partial charge in [0.2, 0.25) is 5.91 Å². The SMILES string of the molecule is CCOC(=O)c1cnn(C)c1NC(=O)Cn1nc(C)c2c(C(F)F)cc(C)nc21. The quantitative estimate of drug-likeness (QED) is 0.631. The number of rotatable bonds is 6. The number of nitrogens with zero attached hydrogens (tertiary/aromatic N) is 5. The molecule has 0 unspecified atom stereocenters. The van der Waals surface area contributed by atoms with E-state index < -0.39 is 18.3 Å². The number of aromatic nitrogens is 5. The minimum atomic E-state index is -2.69. The van der Waals surface area contributed by atoms with Crippen molar-refractivity contribution in [3.63, 3.8) is 0 Å². The van der Waals surface area contributed by atoms with Gasteiger partial charge in [-0.05, 0) is 26.8 Å². The van der Waals surface area contributed by atoms with Gasteiger partial charge >= 0.3 is 5.97 Å². The fourth-order valence-electron chi connectivity index (χ4n) is 3.05. The predicted molar refractivity (Wildman–Crippen MR) is 99.8 cm³/mol. The number of ether oxygens (including phenoxy) is 1. The van der Waals surface area contributed by atoms with Crippen LogP contribution in [0.1, 0.15) is 40.7 Å². The van der Waals surface area contributed by atoms with Gasteiger partial charge in [0.25, 0.3) is 6.43 Å². The summed E-state index contributed by atoms with van der Waals surface area (Å²) in [5, 5.41) is 11.0. The molecule has 0 aromatic carbocycles. The molecule has 0 bridgehead atoms. The van der Waals surface area contributed by atoms with Crippen LogP contribution in [0.5, 0.6) is 0 Å². The topological polar surface area (TPSA) is 104 Å². The highest BCUT2D eigenvalue weighted by molar-refractivity contribution is 6.00. The lowest BCUT2D eigenvalue weighted by molar-refractivity contribution is -0.116. The number of alkyl halides is 2. The summed E-state index contributed by atoms with van der Waals surface area (Å²) < 4.78 is 34.4. The van der Waals surface area contributed by atoms with Gasteiger partial charge < -0.3 is 10.1 Å². The number of aryl methyl sites for hydroxylation is 3. The molecule has 0 aliphatic rings. The van der Waals surface area contributed by atoms with E-state index in [-0.39, 0.29) is 41.1 Å². The maximum atomic E-state index is 13.4. The van der Waals surface area contributed by atoms with Crippen LogP contribution < -0.4 is 5.32 Å². The Balaban J connectivity index is 1.90. The smallest absolute Gasteiger partial charge is 0.343 e. The van der Waals surface area contributed by atoms with Crippen LogP contribution in [-0.2, 0) is 23.1 Å². The number of nitrogens with one attached hydrogen (secondary N) is 1. The largest absolute Gasteiger partial charge is 0.462 e. The third-order valence-corrected chi connectivity index (χ3v) is 4.26. The van der Waals surface area contributed by atoms with Gasteiger partial charge in [0, 0.05) is 18.3 Å². The van der Waals surface area contributed by atoms with Crippen molar-refractivity contribution in [3.8, 4) is 0 Å². The van der Waals surface area contributed by atoms with E-state index in [1.165, 1.54) is 21.6 Å². The van der Waals surface area contributed by atoms with Crippen molar-refractivity contribution in [1.82, 2.24) is 24.5 Å². The zero-order valence-electron chi connectivity index (χ0n) is 16.4. The molecule has 154 valence electrons. The second-order valence-electron chi connectivity index (χ2n) is 6.39. The second-order valence-corrected chi connectivity index (χ2v) is 6.39. The fraction of sp³-hybridized carbons (Fsp3) is 0.389. The van der Waals surface area contributed by atoms with Gasteiger partial charge in [-0.1, -0.05) is 0 Å². The van der Waals surface area contributed by atoms with E-state index in [2.05, 4.69) is 20.5 Å².